The number of hydrogen-bond acceptors (Lipinski definition) is 14. The Hall–Kier alpha value is -5.33. The second kappa shape index (κ2) is 24.2. The third-order valence-corrected chi connectivity index (χ3v) is 13.9. The molecule has 2 fully saturated rings. The maximum atomic E-state index is 13.8. The van der Waals surface area contributed by atoms with Gasteiger partial charge in [0.05, 0.1) is 75.2 Å². The van der Waals surface area contributed by atoms with Gasteiger partial charge in [-0.05, 0) is 89.3 Å². The molecule has 3 aromatic carbocycles. The maximum absolute atomic E-state index is 13.8. The molecule has 0 saturated carbocycles. The molecule has 3 aromatic rings. The molecule has 2 amide bonds. The monoisotopic (exact) mass is 976 g/mol. The van der Waals surface area contributed by atoms with Crippen LogP contribution < -0.4 is 23.8 Å². The molecule has 17 heteroatoms. The topological polar surface area (TPSA) is 130 Å². The van der Waals surface area contributed by atoms with Crippen LogP contribution in [-0.2, 0) is 22.7 Å². The highest BCUT2D eigenvalue weighted by molar-refractivity contribution is 8.20. The van der Waals surface area contributed by atoms with Gasteiger partial charge in [-0.2, -0.15) is 0 Å². The first-order valence-electron chi connectivity index (χ1n) is 24.2. The van der Waals surface area contributed by atoms with E-state index < -0.39 is 0 Å². The first kappa shape index (κ1) is 52.5. The fourth-order valence-corrected chi connectivity index (χ4v) is 9.41. The Morgan fingerprint density at radius 1 is 0.686 bits per heavy atom. The highest BCUT2D eigenvalue weighted by Gasteiger charge is 2.36. The molecule has 0 spiro atoms. The Labute approximate surface area is 420 Å². The number of ether oxygens (including phenoxy) is 6. The highest BCUT2D eigenvalue weighted by atomic mass is 32.2. The second-order valence-electron chi connectivity index (χ2n) is 19.1. The number of carbonyl (C=O) groups is 2. The summed E-state index contributed by atoms with van der Waals surface area (Å²) < 4.78 is 36.8. The molecular formula is C53H70BN7O8S. The number of nitrogens with zero attached hydrogens (tertiary/aromatic N) is 7. The average Bonchev–Trinajstić information content (AvgIpc) is 3.92. The first-order valence-corrected chi connectivity index (χ1v) is 25.0. The van der Waals surface area contributed by atoms with E-state index in [1.807, 2.05) is 36.1 Å². The fraction of sp³-hybridized carbons (Fsp3) is 0.509. The number of fused-ring (bicyclic) bond motifs is 4. The van der Waals surface area contributed by atoms with E-state index in [1.54, 1.807) is 38.5 Å². The van der Waals surface area contributed by atoms with E-state index in [1.165, 1.54) is 22.8 Å². The molecule has 15 nitrogen and oxygen atoms in total. The van der Waals surface area contributed by atoms with Crippen molar-refractivity contribution in [2.45, 2.75) is 70.6 Å². The summed E-state index contributed by atoms with van der Waals surface area (Å²) in [6.45, 7) is 15.7. The fourth-order valence-electron chi connectivity index (χ4n) is 9.12. The zero-order valence-electron chi connectivity index (χ0n) is 42.5. The van der Waals surface area contributed by atoms with E-state index in [-0.39, 0.29) is 41.9 Å². The van der Waals surface area contributed by atoms with E-state index in [9.17, 15) is 9.59 Å². The molecule has 2 radical (unpaired) electrons. The summed E-state index contributed by atoms with van der Waals surface area (Å²) in [4.78, 5) is 47.6. The van der Waals surface area contributed by atoms with Crippen LogP contribution in [0, 0.1) is 0 Å². The summed E-state index contributed by atoms with van der Waals surface area (Å²) in [5, 5.41) is 0. The third kappa shape index (κ3) is 13.1. The van der Waals surface area contributed by atoms with Gasteiger partial charge in [-0.25, -0.2) is 11.6 Å². The zero-order chi connectivity index (χ0) is 50.0. The van der Waals surface area contributed by atoms with Crippen molar-refractivity contribution in [3.63, 3.8) is 0 Å². The molecule has 0 N–H and O–H groups in total. The van der Waals surface area contributed by atoms with Crippen molar-refractivity contribution in [3.05, 3.63) is 88.0 Å². The number of benzene rings is 3. The molecular weight excluding hydrogens is 906 g/mol. The maximum Gasteiger partial charge on any atom is 0.257 e. The number of hydrogen-bond donors (Lipinski definition) is 0. The summed E-state index contributed by atoms with van der Waals surface area (Å²) >= 11 is 1.37. The molecule has 70 heavy (non-hydrogen) atoms. The summed E-state index contributed by atoms with van der Waals surface area (Å²) in [7, 11) is 15.2. The van der Waals surface area contributed by atoms with Crippen LogP contribution in [0.1, 0.15) is 72.4 Å². The van der Waals surface area contributed by atoms with E-state index in [0.29, 0.717) is 91.6 Å². The quantitative estimate of drug-likeness (QED) is 0.0500. The van der Waals surface area contributed by atoms with Crippen LogP contribution in [0.2, 0.25) is 0 Å². The van der Waals surface area contributed by atoms with Crippen LogP contribution in [0.3, 0.4) is 0 Å². The van der Waals surface area contributed by atoms with Crippen LogP contribution in [0.4, 0.5) is 17.1 Å². The number of carbonyl (C=O) groups excluding carboxylic acids is 2. The lowest BCUT2D eigenvalue weighted by Gasteiger charge is -2.29. The normalized spacial score (nSPS) is 18.6. The van der Waals surface area contributed by atoms with Gasteiger partial charge < -0.3 is 52.9 Å². The standard InChI is InChI=1S/C53H70BN7O8S/c1-10-36-21-41-29-55-45-27-49(47(64-8)25-43(45)51(62)60(41)31-36)68-33-38-20-39(34-69-50-28-46-44(26-48(50)65-9)52(63)61-32-37(11-2)22-42(61)30-56-46)24-40(23-38)59(13-12-57(5)6)15-17-67-19-18-66-16-14-58(7)35-53(3,4)70-54/h10-11,20,23-30,41-42H,12-19,21-22,31-35H2,1-9H3/b36-10+,37-11+/t41-,42?/m0/s1. The molecule has 7 rings (SSSR count). The second-order valence-corrected chi connectivity index (χ2v) is 20.5. The highest BCUT2D eigenvalue weighted by Crippen LogP contribution is 2.41. The minimum Gasteiger partial charge on any atom is -0.493 e. The molecule has 4 heterocycles. The molecule has 0 aliphatic carbocycles. The van der Waals surface area contributed by atoms with Crippen LogP contribution in [-0.4, -0.2) is 175 Å². The van der Waals surface area contributed by atoms with Gasteiger partial charge in [-0.3, -0.25) is 19.6 Å². The molecule has 4 aliphatic rings. The van der Waals surface area contributed by atoms with Gasteiger partial charge in [0, 0.05) is 80.8 Å². The molecule has 2 atom stereocenters. The van der Waals surface area contributed by atoms with Crippen molar-refractivity contribution >= 4 is 60.0 Å². The summed E-state index contributed by atoms with van der Waals surface area (Å²) in [6.07, 6.45) is 9.42. The number of likely N-dealkylation sites (N-methyl/N-ethyl adjacent to an activating group) is 2. The summed E-state index contributed by atoms with van der Waals surface area (Å²) in [5.41, 5.74) is 7.23. The van der Waals surface area contributed by atoms with Crippen molar-refractivity contribution in [2.24, 2.45) is 9.98 Å². The predicted molar refractivity (Wildman–Crippen MR) is 281 cm³/mol. The number of anilines is 1. The van der Waals surface area contributed by atoms with Gasteiger partial charge >= 0.3 is 0 Å². The lowest BCUT2D eigenvalue weighted by Crippen LogP contribution is -2.36. The third-order valence-electron chi connectivity index (χ3n) is 13.1. The Morgan fingerprint density at radius 2 is 1.19 bits per heavy atom. The van der Waals surface area contributed by atoms with Gasteiger partial charge in [-0.1, -0.05) is 37.1 Å². The van der Waals surface area contributed by atoms with Gasteiger partial charge in [0.15, 0.2) is 30.1 Å². The van der Waals surface area contributed by atoms with Crippen LogP contribution in [0.5, 0.6) is 23.0 Å². The van der Waals surface area contributed by atoms with E-state index in [2.05, 4.69) is 80.0 Å². The van der Waals surface area contributed by atoms with Crippen LogP contribution >= 0.6 is 11.6 Å². The van der Waals surface area contributed by atoms with Gasteiger partial charge in [0.1, 0.15) is 13.2 Å². The van der Waals surface area contributed by atoms with Crippen LogP contribution in [0.25, 0.3) is 0 Å². The van der Waals surface area contributed by atoms with Gasteiger partial charge in [-0.15, -0.1) is 0 Å². The molecule has 374 valence electrons. The largest absolute Gasteiger partial charge is 0.493 e. The number of amides is 2. The predicted octanol–water partition coefficient (Wildman–Crippen LogP) is 7.54. The number of aliphatic imine (C=N–C) groups is 2. The molecule has 4 aliphatic heterocycles. The van der Waals surface area contributed by atoms with Crippen molar-refractivity contribution < 1.29 is 38.0 Å². The number of allylic oxidation sites excluding steroid dienone is 2. The Bertz CT molecular complexity index is 2330. The van der Waals surface area contributed by atoms with Gasteiger partial charge in [0.25, 0.3) is 11.8 Å². The van der Waals surface area contributed by atoms with E-state index in [0.717, 1.165) is 55.8 Å². The van der Waals surface area contributed by atoms with Crippen molar-refractivity contribution in [3.8, 4) is 23.0 Å². The SMILES string of the molecule is [B]SC(C)(C)CN(C)CCOCCOCCN(CCN(C)C)c1cc(COc2cc3c(cc2OC)C(=O)N2C/C(=C/C)CC2C=N3)cc(COc2cc3c(cc2OC)C(=O)N2C/C(=C/C)C[C@H]2C=N3)c1. The Morgan fingerprint density at radius 3 is 1.64 bits per heavy atom. The summed E-state index contributed by atoms with van der Waals surface area (Å²) in [6, 6.07) is 13.2. The van der Waals surface area contributed by atoms with E-state index >= 15 is 0 Å². The zero-order valence-corrected chi connectivity index (χ0v) is 43.3. The van der Waals surface area contributed by atoms with E-state index in [4.69, 9.17) is 45.5 Å². The first-order chi connectivity index (χ1) is 33.7. The Kier molecular flexibility index (Phi) is 18.1. The number of rotatable bonds is 24. The van der Waals surface area contributed by atoms with Crippen molar-refractivity contribution in [2.75, 3.05) is 113 Å². The number of methoxy groups -OCH3 is 2. The minimum atomic E-state index is -0.0965. The smallest absolute Gasteiger partial charge is 0.257 e. The minimum absolute atomic E-state index is 0.0264. The van der Waals surface area contributed by atoms with Gasteiger partial charge in [0.2, 0.25) is 0 Å². The molecule has 1 unspecified atom stereocenters. The lowest BCUT2D eigenvalue weighted by atomic mass is 10.1. The molecule has 0 bridgehead atoms. The summed E-state index contributed by atoms with van der Waals surface area (Å²) in [5.74, 6) is 1.68. The Balaban J connectivity index is 1.11. The van der Waals surface area contributed by atoms with Crippen LogP contribution in [0.15, 0.2) is 75.7 Å². The average molecular weight is 976 g/mol. The lowest BCUT2D eigenvalue weighted by molar-refractivity contribution is 0.0426. The molecule has 2 saturated heterocycles. The van der Waals surface area contributed by atoms with Crippen molar-refractivity contribution in [1.82, 2.24) is 19.6 Å². The van der Waals surface area contributed by atoms with Crippen molar-refractivity contribution in [1.29, 1.82) is 0 Å². The molecule has 0 aromatic heterocycles.